The molecule has 0 aromatic heterocycles. The molecule has 0 unspecified atom stereocenters. The van der Waals surface area contributed by atoms with E-state index in [9.17, 15) is 4.79 Å². The zero-order chi connectivity index (χ0) is 11.4. The first-order chi connectivity index (χ1) is 7.74. The fraction of sp³-hybridized carbons (Fsp3) is 0.417. The Morgan fingerprint density at radius 1 is 1.56 bits per heavy atom. The number of hydrogen-bond donors (Lipinski definition) is 0. The third-order valence-corrected chi connectivity index (χ3v) is 2.92. The minimum Gasteiger partial charge on any atom is -0.460 e. The first-order valence-corrected chi connectivity index (χ1v) is 6.05. The summed E-state index contributed by atoms with van der Waals surface area (Å²) in [6.45, 7) is 1.22. The van der Waals surface area contributed by atoms with Crippen molar-refractivity contribution in [1.82, 2.24) is 0 Å². The van der Waals surface area contributed by atoms with Gasteiger partial charge >= 0.3 is 5.97 Å². The van der Waals surface area contributed by atoms with Crippen LogP contribution in [0.2, 0.25) is 0 Å². The summed E-state index contributed by atoms with van der Waals surface area (Å²) in [5, 5.41) is 0. The molecule has 0 radical (unpaired) electrons. The van der Waals surface area contributed by atoms with Gasteiger partial charge in [0, 0.05) is 10.9 Å². The predicted molar refractivity (Wildman–Crippen MR) is 63.2 cm³/mol. The number of esters is 1. The maximum Gasteiger partial charge on any atom is 0.310 e. The number of hydrogen-bond acceptors (Lipinski definition) is 3. The molecule has 0 spiro atoms. The highest BCUT2D eigenvalue weighted by Gasteiger charge is 2.19. The van der Waals surface area contributed by atoms with Crippen molar-refractivity contribution in [3.63, 3.8) is 0 Å². The standard InChI is InChI=1S/C12H13BrO3/c13-10-3-1-2-9(6-10)7-12(14)16-11-4-5-15-8-11/h1-3,6,11H,4-5,7-8H2/t11-/m0/s1. The molecule has 3 nitrogen and oxygen atoms in total. The van der Waals surface area contributed by atoms with E-state index in [0.29, 0.717) is 19.6 Å². The first kappa shape index (κ1) is 11.6. The van der Waals surface area contributed by atoms with E-state index in [1.54, 1.807) is 0 Å². The van der Waals surface area contributed by atoms with Crippen LogP contribution in [0.4, 0.5) is 0 Å². The third kappa shape index (κ3) is 3.32. The van der Waals surface area contributed by atoms with E-state index in [1.807, 2.05) is 24.3 Å². The molecule has 1 atom stereocenters. The Balaban J connectivity index is 1.86. The van der Waals surface area contributed by atoms with Gasteiger partial charge in [0.25, 0.3) is 0 Å². The number of rotatable bonds is 3. The molecule has 0 aliphatic carbocycles. The van der Waals surface area contributed by atoms with Gasteiger partial charge in [0.05, 0.1) is 19.6 Å². The summed E-state index contributed by atoms with van der Waals surface area (Å²) < 4.78 is 11.4. The van der Waals surface area contributed by atoms with Crippen LogP contribution in [0.3, 0.4) is 0 Å². The molecule has 1 saturated heterocycles. The predicted octanol–water partition coefficient (Wildman–Crippen LogP) is 2.32. The summed E-state index contributed by atoms with van der Waals surface area (Å²) in [5.74, 6) is -0.186. The summed E-state index contributed by atoms with van der Waals surface area (Å²) in [6, 6.07) is 7.68. The minimum atomic E-state index is -0.186. The third-order valence-electron chi connectivity index (χ3n) is 2.42. The molecule has 1 aliphatic heterocycles. The number of ether oxygens (including phenoxy) is 2. The monoisotopic (exact) mass is 284 g/mol. The summed E-state index contributed by atoms with van der Waals surface area (Å²) in [7, 11) is 0. The molecule has 1 heterocycles. The highest BCUT2D eigenvalue weighted by atomic mass is 79.9. The summed E-state index contributed by atoms with van der Waals surface area (Å²) in [4.78, 5) is 11.6. The zero-order valence-electron chi connectivity index (χ0n) is 8.82. The lowest BCUT2D eigenvalue weighted by atomic mass is 10.1. The highest BCUT2D eigenvalue weighted by molar-refractivity contribution is 9.10. The summed E-state index contributed by atoms with van der Waals surface area (Å²) in [6.07, 6.45) is 1.07. The van der Waals surface area contributed by atoms with Crippen molar-refractivity contribution in [3.8, 4) is 0 Å². The number of halogens is 1. The number of carbonyl (C=O) groups is 1. The molecule has 0 amide bonds. The minimum absolute atomic E-state index is 0.0559. The van der Waals surface area contributed by atoms with Crippen LogP contribution in [-0.2, 0) is 20.7 Å². The molecule has 1 fully saturated rings. The van der Waals surface area contributed by atoms with Gasteiger partial charge in [-0.3, -0.25) is 4.79 Å². The number of carbonyl (C=O) groups excluding carboxylic acids is 1. The lowest BCUT2D eigenvalue weighted by Gasteiger charge is -2.09. The fourth-order valence-corrected chi connectivity index (χ4v) is 2.09. The molecule has 0 N–H and O–H groups in total. The topological polar surface area (TPSA) is 35.5 Å². The van der Waals surface area contributed by atoms with Gasteiger partial charge in [0.15, 0.2) is 0 Å². The van der Waals surface area contributed by atoms with Gasteiger partial charge in [-0.25, -0.2) is 0 Å². The quantitative estimate of drug-likeness (QED) is 0.800. The van der Waals surface area contributed by atoms with Gasteiger partial charge in [-0.05, 0) is 17.7 Å². The van der Waals surface area contributed by atoms with Crippen LogP contribution in [0, 0.1) is 0 Å². The van der Waals surface area contributed by atoms with Crippen molar-refractivity contribution in [3.05, 3.63) is 34.3 Å². The van der Waals surface area contributed by atoms with Crippen LogP contribution in [-0.4, -0.2) is 25.3 Å². The second-order valence-electron chi connectivity index (χ2n) is 3.78. The average molecular weight is 285 g/mol. The van der Waals surface area contributed by atoms with Crippen LogP contribution in [0.25, 0.3) is 0 Å². The Hall–Kier alpha value is -0.870. The molecule has 86 valence electrons. The molecule has 4 heteroatoms. The molecule has 1 aliphatic rings. The van der Waals surface area contributed by atoms with E-state index in [0.717, 1.165) is 16.5 Å². The lowest BCUT2D eigenvalue weighted by Crippen LogP contribution is -2.19. The fourth-order valence-electron chi connectivity index (χ4n) is 1.65. The molecular formula is C12H13BrO3. The van der Waals surface area contributed by atoms with Crippen molar-refractivity contribution in [1.29, 1.82) is 0 Å². The average Bonchev–Trinajstić information content (AvgIpc) is 2.70. The molecule has 2 rings (SSSR count). The Morgan fingerprint density at radius 3 is 3.12 bits per heavy atom. The van der Waals surface area contributed by atoms with Crippen LogP contribution >= 0.6 is 15.9 Å². The van der Waals surface area contributed by atoms with E-state index in [4.69, 9.17) is 9.47 Å². The summed E-state index contributed by atoms with van der Waals surface area (Å²) in [5.41, 5.74) is 0.957. The maximum atomic E-state index is 11.6. The van der Waals surface area contributed by atoms with Gasteiger partial charge in [0.2, 0.25) is 0 Å². The van der Waals surface area contributed by atoms with Crippen molar-refractivity contribution in [2.24, 2.45) is 0 Å². The molecule has 16 heavy (non-hydrogen) atoms. The van der Waals surface area contributed by atoms with Crippen molar-refractivity contribution >= 4 is 21.9 Å². The van der Waals surface area contributed by atoms with Crippen LogP contribution in [0.15, 0.2) is 28.7 Å². The summed E-state index contributed by atoms with van der Waals surface area (Å²) >= 11 is 3.37. The van der Waals surface area contributed by atoms with Crippen LogP contribution < -0.4 is 0 Å². The first-order valence-electron chi connectivity index (χ1n) is 5.26. The van der Waals surface area contributed by atoms with E-state index in [1.165, 1.54) is 0 Å². The van der Waals surface area contributed by atoms with E-state index >= 15 is 0 Å². The van der Waals surface area contributed by atoms with Crippen molar-refractivity contribution in [2.75, 3.05) is 13.2 Å². The molecular weight excluding hydrogens is 272 g/mol. The van der Waals surface area contributed by atoms with E-state index in [-0.39, 0.29) is 12.1 Å². The van der Waals surface area contributed by atoms with Gasteiger partial charge < -0.3 is 9.47 Å². The Labute approximate surface area is 103 Å². The second-order valence-corrected chi connectivity index (χ2v) is 4.70. The highest BCUT2D eigenvalue weighted by Crippen LogP contribution is 2.14. The lowest BCUT2D eigenvalue weighted by molar-refractivity contribution is -0.148. The second kappa shape index (κ2) is 5.46. The Kier molecular flexibility index (Phi) is 3.96. The Bertz CT molecular complexity index is 372. The SMILES string of the molecule is O=C(Cc1cccc(Br)c1)O[C@H]1CCOC1. The van der Waals surface area contributed by atoms with Gasteiger partial charge in [0.1, 0.15) is 6.10 Å². The zero-order valence-corrected chi connectivity index (χ0v) is 10.4. The smallest absolute Gasteiger partial charge is 0.310 e. The van der Waals surface area contributed by atoms with Gasteiger partial charge in [-0.2, -0.15) is 0 Å². The molecule has 1 aromatic carbocycles. The molecule has 1 aromatic rings. The van der Waals surface area contributed by atoms with Crippen LogP contribution in [0.1, 0.15) is 12.0 Å². The van der Waals surface area contributed by atoms with Crippen molar-refractivity contribution in [2.45, 2.75) is 18.9 Å². The molecule has 0 saturated carbocycles. The van der Waals surface area contributed by atoms with E-state index in [2.05, 4.69) is 15.9 Å². The van der Waals surface area contributed by atoms with Gasteiger partial charge in [-0.1, -0.05) is 28.1 Å². The maximum absolute atomic E-state index is 11.6. The largest absolute Gasteiger partial charge is 0.460 e. The van der Waals surface area contributed by atoms with Gasteiger partial charge in [-0.15, -0.1) is 0 Å². The van der Waals surface area contributed by atoms with Crippen LogP contribution in [0.5, 0.6) is 0 Å². The molecule has 0 bridgehead atoms. The van der Waals surface area contributed by atoms with E-state index < -0.39 is 0 Å². The Morgan fingerprint density at radius 2 is 2.44 bits per heavy atom. The number of benzene rings is 1. The normalized spacial score (nSPS) is 19.7. The van der Waals surface area contributed by atoms with Crippen molar-refractivity contribution < 1.29 is 14.3 Å².